The number of hydrogen-bond donors (Lipinski definition) is 2. The highest BCUT2D eigenvalue weighted by molar-refractivity contribution is 6.02. The number of carbonyl (C=O) groups excluding carboxylic acids is 2. The summed E-state index contributed by atoms with van der Waals surface area (Å²) in [5.74, 6) is -0.830. The molecule has 2 aromatic carbocycles. The summed E-state index contributed by atoms with van der Waals surface area (Å²) in [6.45, 7) is 0.297. The molecule has 0 fully saturated rings. The molecule has 0 saturated heterocycles. The molecule has 0 bridgehead atoms. The van der Waals surface area contributed by atoms with Crippen molar-refractivity contribution >= 4 is 29.4 Å². The second-order valence-corrected chi connectivity index (χ2v) is 8.69. The van der Waals surface area contributed by atoms with E-state index in [2.05, 4.69) is 20.6 Å². The lowest BCUT2D eigenvalue weighted by molar-refractivity contribution is -0.140. The number of nitrogens with zero attached hydrogens (tertiary/aromatic N) is 3. The summed E-state index contributed by atoms with van der Waals surface area (Å²) in [6, 6.07) is 11.8. The summed E-state index contributed by atoms with van der Waals surface area (Å²) in [6.07, 6.45) is -0.752. The number of rotatable bonds is 7. The average Bonchev–Trinajstić information content (AvgIpc) is 3.38. The van der Waals surface area contributed by atoms with Crippen LogP contribution < -0.4 is 15.4 Å². The van der Waals surface area contributed by atoms with E-state index in [1.165, 1.54) is 11.0 Å². The van der Waals surface area contributed by atoms with Crippen molar-refractivity contribution in [2.24, 2.45) is 4.99 Å². The van der Waals surface area contributed by atoms with Crippen molar-refractivity contribution in [3.05, 3.63) is 89.5 Å². The van der Waals surface area contributed by atoms with Gasteiger partial charge in [-0.15, -0.1) is 0 Å². The highest BCUT2D eigenvalue weighted by Crippen LogP contribution is 2.33. The number of amidine groups is 1. The van der Waals surface area contributed by atoms with Crippen LogP contribution in [0.1, 0.15) is 16.8 Å². The molecule has 8 nitrogen and oxygen atoms in total. The Balaban J connectivity index is 1.40. The van der Waals surface area contributed by atoms with Crippen molar-refractivity contribution in [3.63, 3.8) is 0 Å². The first-order valence-electron chi connectivity index (χ1n) is 11.6. The third-order valence-electron chi connectivity index (χ3n) is 5.52. The van der Waals surface area contributed by atoms with Gasteiger partial charge in [-0.25, -0.2) is 4.39 Å². The zero-order valence-corrected chi connectivity index (χ0v) is 20.8. The Labute approximate surface area is 221 Å². The topological polar surface area (TPSA) is 95.9 Å². The summed E-state index contributed by atoms with van der Waals surface area (Å²) in [5.41, 5.74) is -0.573. The third-order valence-corrected chi connectivity index (χ3v) is 5.52. The molecule has 2 N–H and O–H groups in total. The maximum atomic E-state index is 13.5. The summed E-state index contributed by atoms with van der Waals surface area (Å²) in [4.78, 5) is 34.5. The van der Waals surface area contributed by atoms with E-state index in [1.54, 1.807) is 56.7 Å². The summed E-state index contributed by atoms with van der Waals surface area (Å²) in [5, 5.41) is 5.35. The molecule has 1 aliphatic heterocycles. The van der Waals surface area contributed by atoms with Gasteiger partial charge in [-0.1, -0.05) is 12.1 Å². The van der Waals surface area contributed by atoms with Gasteiger partial charge in [0.2, 0.25) is 11.8 Å². The molecule has 39 heavy (non-hydrogen) atoms. The van der Waals surface area contributed by atoms with Gasteiger partial charge in [-0.2, -0.15) is 13.2 Å². The van der Waals surface area contributed by atoms with Gasteiger partial charge in [-0.05, 0) is 48.0 Å². The fourth-order valence-electron chi connectivity index (χ4n) is 3.64. The number of aromatic nitrogens is 1. The number of halogens is 4. The van der Waals surface area contributed by atoms with Gasteiger partial charge in [0.1, 0.15) is 34.9 Å². The van der Waals surface area contributed by atoms with E-state index >= 15 is 0 Å². The number of pyridine rings is 1. The number of amides is 2. The quantitative estimate of drug-likeness (QED) is 0.340. The van der Waals surface area contributed by atoms with Crippen LogP contribution in [-0.2, 0) is 15.8 Å². The zero-order chi connectivity index (χ0) is 28.2. The lowest BCUT2D eigenvalue weighted by atomic mass is 10.1. The molecule has 2 heterocycles. The molecular formula is C27H23F4N5O3. The van der Waals surface area contributed by atoms with Crippen LogP contribution in [0.4, 0.5) is 23.2 Å². The van der Waals surface area contributed by atoms with Crippen LogP contribution in [-0.4, -0.2) is 54.2 Å². The molecule has 0 aliphatic carbocycles. The van der Waals surface area contributed by atoms with Gasteiger partial charge in [0.15, 0.2) is 0 Å². The standard InChI is InChI=1S/C27H23F4N5O3/c1-36(2)26(38)23-15-33-25(35-23)22-14-19(10-11-32-22)39-18-5-3-4-16(12-18)6-9-24(37)34-17-7-8-21(28)20(13-17)27(29,30)31/h3-14,23H,15H2,1-2H3,(H,33,35)(H,34,37). The smallest absolute Gasteiger partial charge is 0.419 e. The molecule has 3 aromatic rings. The molecular weight excluding hydrogens is 518 g/mol. The second-order valence-electron chi connectivity index (χ2n) is 8.69. The Morgan fingerprint density at radius 3 is 2.62 bits per heavy atom. The Hall–Kier alpha value is -4.74. The Morgan fingerprint density at radius 1 is 1.10 bits per heavy atom. The van der Waals surface area contributed by atoms with Crippen molar-refractivity contribution in [2.45, 2.75) is 12.2 Å². The van der Waals surface area contributed by atoms with Crippen molar-refractivity contribution in [3.8, 4) is 11.5 Å². The number of alkyl halides is 3. The maximum Gasteiger partial charge on any atom is 0.419 e. The van der Waals surface area contributed by atoms with Crippen LogP contribution in [0.3, 0.4) is 0 Å². The minimum absolute atomic E-state index is 0.0940. The SMILES string of the molecule is CN(C)C(=O)C1CN=C(c2cc(Oc3cccc(C=CC(=O)Nc4ccc(F)c(C(F)(F)F)c4)c3)ccn2)N1. The fourth-order valence-corrected chi connectivity index (χ4v) is 3.64. The zero-order valence-electron chi connectivity index (χ0n) is 20.8. The molecule has 0 spiro atoms. The molecule has 1 aliphatic rings. The molecule has 0 saturated carbocycles. The largest absolute Gasteiger partial charge is 0.457 e. The second kappa shape index (κ2) is 11.3. The molecule has 202 valence electrons. The number of anilines is 1. The summed E-state index contributed by atoms with van der Waals surface area (Å²) >= 11 is 0. The monoisotopic (exact) mass is 541 g/mol. The van der Waals surface area contributed by atoms with Crippen LogP contribution in [0.25, 0.3) is 6.08 Å². The number of ether oxygens (including phenoxy) is 1. The normalized spacial score (nSPS) is 15.0. The summed E-state index contributed by atoms with van der Waals surface area (Å²) < 4.78 is 58.1. The molecule has 4 rings (SSSR count). The first-order chi connectivity index (χ1) is 18.5. The van der Waals surface area contributed by atoms with E-state index in [-0.39, 0.29) is 11.6 Å². The number of aliphatic imine (C=N–C) groups is 1. The lowest BCUT2D eigenvalue weighted by Crippen LogP contribution is -2.44. The number of nitrogens with one attached hydrogen (secondary N) is 2. The van der Waals surface area contributed by atoms with Gasteiger partial charge >= 0.3 is 6.18 Å². The first-order valence-corrected chi connectivity index (χ1v) is 11.6. The van der Waals surface area contributed by atoms with Gasteiger partial charge in [0.05, 0.1) is 12.1 Å². The van der Waals surface area contributed by atoms with E-state index in [9.17, 15) is 27.2 Å². The summed E-state index contributed by atoms with van der Waals surface area (Å²) in [7, 11) is 3.34. The minimum atomic E-state index is -4.88. The van der Waals surface area contributed by atoms with Crippen LogP contribution in [0, 0.1) is 5.82 Å². The van der Waals surface area contributed by atoms with E-state index in [4.69, 9.17) is 4.74 Å². The van der Waals surface area contributed by atoms with Crippen molar-refractivity contribution in [1.82, 2.24) is 15.2 Å². The predicted octanol–water partition coefficient (Wildman–Crippen LogP) is 4.49. The minimum Gasteiger partial charge on any atom is -0.457 e. The van der Waals surface area contributed by atoms with Gasteiger partial charge < -0.3 is 20.3 Å². The van der Waals surface area contributed by atoms with Crippen molar-refractivity contribution in [2.75, 3.05) is 26.0 Å². The molecule has 1 atom stereocenters. The number of benzene rings is 2. The van der Waals surface area contributed by atoms with Gasteiger partial charge in [-0.3, -0.25) is 19.6 Å². The van der Waals surface area contributed by atoms with Crippen molar-refractivity contribution in [1.29, 1.82) is 0 Å². The maximum absolute atomic E-state index is 13.5. The van der Waals surface area contributed by atoms with Gasteiger partial charge in [0, 0.05) is 38.1 Å². The average molecular weight is 542 g/mol. The number of carbonyl (C=O) groups is 2. The highest BCUT2D eigenvalue weighted by atomic mass is 19.4. The molecule has 1 aromatic heterocycles. The number of hydrogen-bond acceptors (Lipinski definition) is 6. The van der Waals surface area contributed by atoms with Crippen molar-refractivity contribution < 1.29 is 31.9 Å². The van der Waals surface area contributed by atoms with E-state index < -0.39 is 29.5 Å². The third kappa shape index (κ3) is 6.98. The number of likely N-dealkylation sites (N-methyl/N-ethyl adjacent to an activating group) is 1. The first kappa shape index (κ1) is 27.3. The van der Waals surface area contributed by atoms with Gasteiger partial charge in [0.25, 0.3) is 0 Å². The lowest BCUT2D eigenvalue weighted by Gasteiger charge is -2.16. The predicted molar refractivity (Wildman–Crippen MR) is 137 cm³/mol. The Bertz CT molecular complexity index is 1450. The molecule has 1 unspecified atom stereocenters. The van der Waals surface area contributed by atoms with Crippen LogP contribution in [0.5, 0.6) is 11.5 Å². The Morgan fingerprint density at radius 2 is 1.87 bits per heavy atom. The van der Waals surface area contributed by atoms with Crippen LogP contribution in [0.15, 0.2) is 71.9 Å². The van der Waals surface area contributed by atoms with E-state index in [0.717, 1.165) is 12.1 Å². The van der Waals surface area contributed by atoms with Crippen LogP contribution in [0.2, 0.25) is 0 Å². The highest BCUT2D eigenvalue weighted by Gasteiger charge is 2.34. The van der Waals surface area contributed by atoms with E-state index in [0.29, 0.717) is 47.3 Å². The molecule has 2 amide bonds. The molecule has 0 radical (unpaired) electrons. The molecule has 12 heteroatoms. The van der Waals surface area contributed by atoms with E-state index in [1.807, 2.05) is 0 Å². The fraction of sp³-hybridized carbons (Fsp3) is 0.185. The Kier molecular flexibility index (Phi) is 7.93. The van der Waals surface area contributed by atoms with Crippen LogP contribution >= 0.6 is 0 Å².